The van der Waals surface area contributed by atoms with E-state index in [0.717, 1.165) is 30.3 Å². The third-order valence-electron chi connectivity index (χ3n) is 4.25. The van der Waals surface area contributed by atoms with Crippen molar-refractivity contribution in [2.75, 3.05) is 0 Å². The number of hydrogen-bond acceptors (Lipinski definition) is 1. The monoisotopic (exact) mass is 300 g/mol. The second-order valence-corrected chi connectivity index (χ2v) is 6.12. The van der Waals surface area contributed by atoms with Gasteiger partial charge in [0, 0.05) is 5.57 Å². The average molecular weight is 300 g/mol. The highest BCUT2D eigenvalue weighted by atomic mass is 16.1. The summed E-state index contributed by atoms with van der Waals surface area (Å²) in [6, 6.07) is 10.2. The zero-order valence-electron chi connectivity index (χ0n) is 14.4. The van der Waals surface area contributed by atoms with Gasteiger partial charge < -0.3 is 0 Å². The lowest BCUT2D eigenvalue weighted by atomic mass is 9.92. The number of carbonyl (C=O) groups is 1. The molecule has 0 atom stereocenters. The molecule has 0 aliphatic heterocycles. The van der Waals surface area contributed by atoms with Crippen molar-refractivity contribution in [3.63, 3.8) is 0 Å². The second-order valence-electron chi connectivity index (χ2n) is 6.12. The van der Waals surface area contributed by atoms with Gasteiger partial charge in [-0.25, -0.2) is 0 Å². The first-order valence-corrected chi connectivity index (χ1v) is 9.06. The third kappa shape index (κ3) is 7.06. The normalized spacial score (nSPS) is 10.5. The van der Waals surface area contributed by atoms with Crippen LogP contribution in [0, 0.1) is 0 Å². The van der Waals surface area contributed by atoms with Crippen LogP contribution in [0.4, 0.5) is 0 Å². The van der Waals surface area contributed by atoms with Gasteiger partial charge in [-0.2, -0.15) is 0 Å². The van der Waals surface area contributed by atoms with Crippen molar-refractivity contribution < 1.29 is 4.79 Å². The van der Waals surface area contributed by atoms with Crippen molar-refractivity contribution in [1.29, 1.82) is 0 Å². The fourth-order valence-corrected chi connectivity index (χ4v) is 2.90. The van der Waals surface area contributed by atoms with Crippen molar-refractivity contribution in [3.8, 4) is 0 Å². The molecule has 0 saturated carbocycles. The molecule has 122 valence electrons. The first kappa shape index (κ1) is 18.7. The predicted octanol–water partition coefficient (Wildman–Crippen LogP) is 6.58. The summed E-state index contributed by atoms with van der Waals surface area (Å²) in [5, 5.41) is 0. The Labute approximate surface area is 136 Å². The Morgan fingerprint density at radius 1 is 0.818 bits per heavy atom. The number of unbranched alkanes of at least 4 members (excludes halogenated alkanes) is 6. The molecule has 0 amide bonds. The van der Waals surface area contributed by atoms with Gasteiger partial charge in [0.1, 0.15) is 0 Å². The minimum absolute atomic E-state index is 0.939. The van der Waals surface area contributed by atoms with E-state index in [9.17, 15) is 4.79 Å². The first-order chi connectivity index (χ1) is 10.8. The molecular weight excluding hydrogens is 268 g/mol. The SMILES string of the molecule is CCCCCCC(CCCCCC)=C(C=O)c1ccccc1. The fraction of sp³-hybridized carbons (Fsp3) is 0.571. The van der Waals surface area contributed by atoms with E-state index in [1.54, 1.807) is 0 Å². The maximum absolute atomic E-state index is 11.7. The minimum atomic E-state index is 0.939. The van der Waals surface area contributed by atoms with E-state index in [1.807, 2.05) is 18.2 Å². The summed E-state index contributed by atoms with van der Waals surface area (Å²) in [4.78, 5) is 11.7. The Morgan fingerprint density at radius 2 is 1.36 bits per heavy atom. The Bertz CT molecular complexity index is 416. The first-order valence-electron chi connectivity index (χ1n) is 9.06. The van der Waals surface area contributed by atoms with E-state index in [2.05, 4.69) is 26.0 Å². The molecule has 0 heterocycles. The summed E-state index contributed by atoms with van der Waals surface area (Å²) < 4.78 is 0. The van der Waals surface area contributed by atoms with Crippen LogP contribution in [0.15, 0.2) is 35.9 Å². The van der Waals surface area contributed by atoms with E-state index in [-0.39, 0.29) is 0 Å². The van der Waals surface area contributed by atoms with E-state index < -0.39 is 0 Å². The lowest BCUT2D eigenvalue weighted by molar-refractivity contribution is -0.103. The number of benzene rings is 1. The molecule has 1 nitrogen and oxygen atoms in total. The van der Waals surface area contributed by atoms with Gasteiger partial charge in [0.2, 0.25) is 0 Å². The van der Waals surface area contributed by atoms with Gasteiger partial charge in [0.25, 0.3) is 0 Å². The van der Waals surface area contributed by atoms with E-state index >= 15 is 0 Å². The quantitative estimate of drug-likeness (QED) is 0.242. The molecule has 1 heteroatoms. The molecule has 0 aliphatic rings. The van der Waals surface area contributed by atoms with Crippen LogP contribution in [-0.4, -0.2) is 6.29 Å². The van der Waals surface area contributed by atoms with E-state index in [1.165, 1.54) is 56.9 Å². The van der Waals surface area contributed by atoms with Gasteiger partial charge in [0.05, 0.1) is 0 Å². The Balaban J connectivity index is 2.79. The van der Waals surface area contributed by atoms with Crippen LogP contribution in [0.2, 0.25) is 0 Å². The van der Waals surface area contributed by atoms with Gasteiger partial charge in [0.15, 0.2) is 6.29 Å². The number of carbonyl (C=O) groups excluding carboxylic acids is 1. The third-order valence-corrected chi connectivity index (χ3v) is 4.25. The predicted molar refractivity (Wildman–Crippen MR) is 96.9 cm³/mol. The van der Waals surface area contributed by atoms with Crippen LogP contribution in [0.3, 0.4) is 0 Å². The zero-order valence-corrected chi connectivity index (χ0v) is 14.4. The summed E-state index contributed by atoms with van der Waals surface area (Å²) >= 11 is 0. The molecule has 0 aromatic heterocycles. The van der Waals surface area contributed by atoms with Crippen LogP contribution in [0.1, 0.15) is 83.6 Å². The molecule has 0 N–H and O–H groups in total. The Kier molecular flexibility index (Phi) is 10.4. The summed E-state index contributed by atoms with van der Waals surface area (Å²) in [5.74, 6) is 0. The van der Waals surface area contributed by atoms with Crippen molar-refractivity contribution in [3.05, 3.63) is 41.5 Å². The minimum Gasteiger partial charge on any atom is -0.298 e. The molecule has 0 bridgehead atoms. The maximum atomic E-state index is 11.7. The van der Waals surface area contributed by atoms with Crippen molar-refractivity contribution in [1.82, 2.24) is 0 Å². The molecular formula is C21H32O. The molecule has 1 aromatic carbocycles. The van der Waals surface area contributed by atoms with Crippen molar-refractivity contribution in [2.45, 2.75) is 78.1 Å². The lowest BCUT2D eigenvalue weighted by Gasteiger charge is -2.12. The maximum Gasteiger partial charge on any atom is 0.150 e. The highest BCUT2D eigenvalue weighted by molar-refractivity contribution is 6.08. The van der Waals surface area contributed by atoms with E-state index in [4.69, 9.17) is 0 Å². The van der Waals surface area contributed by atoms with Crippen LogP contribution in [0.25, 0.3) is 5.57 Å². The molecule has 0 saturated heterocycles. The van der Waals surface area contributed by atoms with Gasteiger partial charge in [-0.3, -0.25) is 4.79 Å². The van der Waals surface area contributed by atoms with Crippen LogP contribution in [-0.2, 0) is 4.79 Å². The number of rotatable bonds is 12. The summed E-state index contributed by atoms with van der Waals surface area (Å²) in [6.07, 6.45) is 13.3. The molecule has 0 spiro atoms. The summed E-state index contributed by atoms with van der Waals surface area (Å²) in [5.41, 5.74) is 3.39. The van der Waals surface area contributed by atoms with Crippen LogP contribution in [0.5, 0.6) is 0 Å². The summed E-state index contributed by atoms with van der Waals surface area (Å²) in [6.45, 7) is 4.48. The molecule has 1 rings (SSSR count). The number of aldehydes is 1. The van der Waals surface area contributed by atoms with Crippen LogP contribution >= 0.6 is 0 Å². The van der Waals surface area contributed by atoms with Crippen LogP contribution < -0.4 is 0 Å². The highest BCUT2D eigenvalue weighted by Gasteiger charge is 2.09. The molecule has 0 aliphatic carbocycles. The van der Waals surface area contributed by atoms with Gasteiger partial charge >= 0.3 is 0 Å². The van der Waals surface area contributed by atoms with E-state index in [0.29, 0.717) is 0 Å². The highest BCUT2D eigenvalue weighted by Crippen LogP contribution is 2.26. The molecule has 0 fully saturated rings. The Morgan fingerprint density at radius 3 is 1.82 bits per heavy atom. The Hall–Kier alpha value is -1.37. The largest absolute Gasteiger partial charge is 0.298 e. The number of hydrogen-bond donors (Lipinski definition) is 0. The average Bonchev–Trinajstić information content (AvgIpc) is 2.56. The van der Waals surface area contributed by atoms with Gasteiger partial charge in [-0.05, 0) is 31.2 Å². The fourth-order valence-electron chi connectivity index (χ4n) is 2.90. The van der Waals surface area contributed by atoms with Crippen molar-refractivity contribution >= 4 is 11.9 Å². The van der Waals surface area contributed by atoms with Crippen molar-refractivity contribution in [2.24, 2.45) is 0 Å². The zero-order chi connectivity index (χ0) is 16.0. The molecule has 0 unspecified atom stereocenters. The number of allylic oxidation sites excluding steroid dienone is 2. The standard InChI is InChI=1S/C21H32O/c1-3-5-7-10-14-19(15-11-8-6-4-2)21(18-22)20-16-12-9-13-17-20/h9,12-13,16-18H,3-8,10-11,14-15H2,1-2H3. The lowest BCUT2D eigenvalue weighted by Crippen LogP contribution is -1.96. The smallest absolute Gasteiger partial charge is 0.150 e. The molecule has 1 aromatic rings. The topological polar surface area (TPSA) is 17.1 Å². The summed E-state index contributed by atoms with van der Waals surface area (Å²) in [7, 11) is 0. The van der Waals surface area contributed by atoms with Gasteiger partial charge in [-0.15, -0.1) is 0 Å². The molecule has 22 heavy (non-hydrogen) atoms. The van der Waals surface area contributed by atoms with Gasteiger partial charge in [-0.1, -0.05) is 88.3 Å². The second kappa shape index (κ2) is 12.2. The molecule has 0 radical (unpaired) electrons.